The van der Waals surface area contributed by atoms with Crippen molar-refractivity contribution in [3.63, 3.8) is 0 Å². The van der Waals surface area contributed by atoms with Crippen molar-refractivity contribution in [3.05, 3.63) is 34.9 Å². The van der Waals surface area contributed by atoms with Crippen LogP contribution in [0.25, 0.3) is 0 Å². The number of ether oxygens (including phenoxy) is 1. The molecule has 1 aromatic carbocycles. The Balaban J connectivity index is 2.98. The van der Waals surface area contributed by atoms with Gasteiger partial charge in [-0.25, -0.2) is 4.79 Å². The summed E-state index contributed by atoms with van der Waals surface area (Å²) in [6, 6.07) is 5.01. The number of carboxylic acid groups (broad SMARTS) is 1. The van der Waals surface area contributed by atoms with E-state index in [1.165, 1.54) is 0 Å². The van der Waals surface area contributed by atoms with Gasteiger partial charge >= 0.3 is 12.1 Å². The van der Waals surface area contributed by atoms with Gasteiger partial charge in [0.05, 0.1) is 12.5 Å². The molecule has 0 bridgehead atoms. The van der Waals surface area contributed by atoms with Gasteiger partial charge in [-0.1, -0.05) is 18.2 Å². The summed E-state index contributed by atoms with van der Waals surface area (Å²) in [7, 11) is 0. The van der Waals surface area contributed by atoms with Gasteiger partial charge in [0.25, 0.3) is 0 Å². The summed E-state index contributed by atoms with van der Waals surface area (Å²) in [6.45, 7) is 9.14. The molecule has 0 aliphatic heterocycles. The van der Waals surface area contributed by atoms with Crippen LogP contribution in [0.5, 0.6) is 0 Å². The van der Waals surface area contributed by atoms with E-state index in [1.807, 2.05) is 32.0 Å². The molecule has 0 saturated heterocycles. The second-order valence-corrected chi connectivity index (χ2v) is 6.09. The van der Waals surface area contributed by atoms with Crippen molar-refractivity contribution in [2.24, 2.45) is 0 Å². The quantitative estimate of drug-likeness (QED) is 0.892. The molecule has 116 valence electrons. The molecule has 1 atom stereocenters. The fraction of sp³-hybridized carbons (Fsp3) is 0.500. The molecule has 1 aromatic rings. The minimum absolute atomic E-state index is 0.191. The number of hydrogen-bond donors (Lipinski definition) is 2. The maximum Gasteiger partial charge on any atom is 0.408 e. The van der Waals surface area contributed by atoms with Crippen molar-refractivity contribution in [1.29, 1.82) is 0 Å². The minimum Gasteiger partial charge on any atom is -0.481 e. The van der Waals surface area contributed by atoms with Gasteiger partial charge < -0.3 is 15.2 Å². The standard InChI is InChI=1S/C16H23NO4/c1-10-7-6-8-12(11(10)2)13(9-14(18)19)17-15(20)21-16(3,4)5/h6-8,13H,9H2,1-5H3,(H,17,20)(H,18,19)/t13-/m1/s1. The molecule has 1 amide bonds. The predicted molar refractivity (Wildman–Crippen MR) is 80.3 cm³/mol. The number of aryl methyl sites for hydroxylation is 1. The molecule has 2 N–H and O–H groups in total. The van der Waals surface area contributed by atoms with Gasteiger partial charge in [0.2, 0.25) is 0 Å². The van der Waals surface area contributed by atoms with Crippen LogP contribution in [0.2, 0.25) is 0 Å². The lowest BCUT2D eigenvalue weighted by Gasteiger charge is -2.24. The Morgan fingerprint density at radius 2 is 1.90 bits per heavy atom. The predicted octanol–water partition coefficient (Wildman–Crippen LogP) is 3.34. The summed E-state index contributed by atoms with van der Waals surface area (Å²) in [5, 5.41) is 11.7. The zero-order valence-electron chi connectivity index (χ0n) is 13.2. The number of amides is 1. The molecule has 0 aliphatic rings. The maximum atomic E-state index is 11.9. The van der Waals surface area contributed by atoms with Gasteiger partial charge in [-0.15, -0.1) is 0 Å². The second-order valence-electron chi connectivity index (χ2n) is 6.09. The van der Waals surface area contributed by atoms with Crippen molar-refractivity contribution in [2.75, 3.05) is 0 Å². The van der Waals surface area contributed by atoms with E-state index in [2.05, 4.69) is 5.32 Å². The molecule has 0 aliphatic carbocycles. The van der Waals surface area contributed by atoms with Crippen LogP contribution >= 0.6 is 0 Å². The lowest BCUT2D eigenvalue weighted by atomic mass is 9.95. The number of rotatable bonds is 4. The van der Waals surface area contributed by atoms with Crippen LogP contribution in [-0.4, -0.2) is 22.8 Å². The summed E-state index contributed by atoms with van der Waals surface area (Å²) in [6.07, 6.45) is -0.807. The van der Waals surface area contributed by atoms with E-state index in [1.54, 1.807) is 20.8 Å². The highest BCUT2D eigenvalue weighted by Gasteiger charge is 2.23. The molecule has 0 saturated carbocycles. The molecule has 0 fully saturated rings. The van der Waals surface area contributed by atoms with Gasteiger partial charge in [0.1, 0.15) is 5.60 Å². The van der Waals surface area contributed by atoms with Gasteiger partial charge in [-0.05, 0) is 51.3 Å². The van der Waals surface area contributed by atoms with Gasteiger partial charge in [-0.2, -0.15) is 0 Å². The largest absolute Gasteiger partial charge is 0.481 e. The van der Waals surface area contributed by atoms with E-state index in [-0.39, 0.29) is 6.42 Å². The topological polar surface area (TPSA) is 75.6 Å². The van der Waals surface area contributed by atoms with E-state index < -0.39 is 23.7 Å². The van der Waals surface area contributed by atoms with E-state index in [0.29, 0.717) is 0 Å². The first-order valence-electron chi connectivity index (χ1n) is 6.87. The Hall–Kier alpha value is -2.04. The first-order chi connectivity index (χ1) is 9.60. The molecule has 21 heavy (non-hydrogen) atoms. The molecule has 0 radical (unpaired) electrons. The van der Waals surface area contributed by atoms with Gasteiger partial charge in [0.15, 0.2) is 0 Å². The summed E-state index contributed by atoms with van der Waals surface area (Å²) >= 11 is 0. The third kappa shape index (κ3) is 5.45. The lowest BCUT2D eigenvalue weighted by molar-refractivity contribution is -0.137. The fourth-order valence-electron chi connectivity index (χ4n) is 2.01. The molecule has 0 aromatic heterocycles. The third-order valence-electron chi connectivity index (χ3n) is 3.09. The van der Waals surface area contributed by atoms with Crippen LogP contribution in [0.3, 0.4) is 0 Å². The van der Waals surface area contributed by atoms with Crippen LogP contribution in [0, 0.1) is 13.8 Å². The third-order valence-corrected chi connectivity index (χ3v) is 3.09. The van der Waals surface area contributed by atoms with Crippen molar-refractivity contribution < 1.29 is 19.4 Å². The number of carboxylic acids is 1. The maximum absolute atomic E-state index is 11.9. The fourth-order valence-corrected chi connectivity index (χ4v) is 2.01. The van der Waals surface area contributed by atoms with Crippen LogP contribution < -0.4 is 5.32 Å². The zero-order chi connectivity index (χ0) is 16.2. The Bertz CT molecular complexity index is 532. The van der Waals surface area contributed by atoms with E-state index in [0.717, 1.165) is 16.7 Å². The Morgan fingerprint density at radius 3 is 2.43 bits per heavy atom. The SMILES string of the molecule is Cc1cccc([C@@H](CC(=O)O)NC(=O)OC(C)(C)C)c1C. The number of alkyl carbamates (subject to hydrolysis) is 1. The van der Waals surface area contributed by atoms with Gasteiger partial charge in [-0.3, -0.25) is 4.79 Å². The van der Waals surface area contributed by atoms with Crippen molar-refractivity contribution in [3.8, 4) is 0 Å². The summed E-state index contributed by atoms with van der Waals surface area (Å²) in [5.74, 6) is -0.975. The number of carbonyl (C=O) groups excluding carboxylic acids is 1. The molecule has 0 heterocycles. The molecular weight excluding hydrogens is 270 g/mol. The summed E-state index contributed by atoms with van der Waals surface area (Å²) < 4.78 is 5.20. The number of aliphatic carboxylic acids is 1. The normalized spacial score (nSPS) is 12.6. The number of benzene rings is 1. The first kappa shape index (κ1) is 17.0. The molecular formula is C16H23NO4. The highest BCUT2D eigenvalue weighted by Crippen LogP contribution is 2.23. The van der Waals surface area contributed by atoms with Crippen molar-refractivity contribution in [1.82, 2.24) is 5.32 Å². The minimum atomic E-state index is -0.975. The number of hydrogen-bond acceptors (Lipinski definition) is 3. The highest BCUT2D eigenvalue weighted by atomic mass is 16.6. The molecule has 5 heteroatoms. The van der Waals surface area contributed by atoms with E-state index >= 15 is 0 Å². The molecule has 0 unspecified atom stereocenters. The number of carbonyl (C=O) groups is 2. The van der Waals surface area contributed by atoms with Crippen molar-refractivity contribution >= 4 is 12.1 Å². The van der Waals surface area contributed by atoms with Crippen LogP contribution in [0.15, 0.2) is 18.2 Å². The number of nitrogens with one attached hydrogen (secondary N) is 1. The summed E-state index contributed by atoms with van der Waals surface area (Å²) in [4.78, 5) is 22.9. The highest BCUT2D eigenvalue weighted by molar-refractivity contribution is 5.72. The monoisotopic (exact) mass is 293 g/mol. The van der Waals surface area contributed by atoms with E-state index in [9.17, 15) is 9.59 Å². The van der Waals surface area contributed by atoms with Crippen LogP contribution in [0.4, 0.5) is 4.79 Å². The smallest absolute Gasteiger partial charge is 0.408 e. The Labute approximate surface area is 125 Å². The lowest BCUT2D eigenvalue weighted by Crippen LogP contribution is -2.36. The first-order valence-corrected chi connectivity index (χ1v) is 6.87. The molecule has 0 spiro atoms. The Kier molecular flexibility index (Phi) is 5.35. The van der Waals surface area contributed by atoms with Gasteiger partial charge in [0, 0.05) is 0 Å². The molecule has 1 rings (SSSR count). The van der Waals surface area contributed by atoms with Crippen molar-refractivity contribution in [2.45, 2.75) is 52.7 Å². The van der Waals surface area contributed by atoms with Crippen LogP contribution in [0.1, 0.15) is 49.9 Å². The zero-order valence-corrected chi connectivity index (χ0v) is 13.2. The average Bonchev–Trinajstić information content (AvgIpc) is 2.28. The Morgan fingerprint density at radius 1 is 1.29 bits per heavy atom. The van der Waals surface area contributed by atoms with Crippen LogP contribution in [-0.2, 0) is 9.53 Å². The van der Waals surface area contributed by atoms with E-state index in [4.69, 9.17) is 9.84 Å². The second kappa shape index (κ2) is 6.61. The molecule has 5 nitrogen and oxygen atoms in total. The summed E-state index contributed by atoms with van der Waals surface area (Å²) in [5.41, 5.74) is 2.19. The average molecular weight is 293 g/mol.